The Morgan fingerprint density at radius 2 is 2.00 bits per heavy atom. The lowest BCUT2D eigenvalue weighted by Crippen LogP contribution is -2.43. The fraction of sp³-hybridized carbons (Fsp3) is 0.267. The largest absolute Gasteiger partial charge is 0.481 e. The number of nitrogen functional groups attached to an aromatic ring is 1. The quantitative estimate of drug-likeness (QED) is 0.892. The van der Waals surface area contributed by atoms with Crippen molar-refractivity contribution in [2.45, 2.75) is 19.1 Å². The van der Waals surface area contributed by atoms with Gasteiger partial charge in [-0.15, -0.1) is 0 Å². The molecule has 0 radical (unpaired) electrons. The summed E-state index contributed by atoms with van der Waals surface area (Å²) in [4.78, 5) is 19.9. The molecule has 0 fully saturated rings. The molecule has 0 saturated carbocycles. The van der Waals surface area contributed by atoms with Gasteiger partial charge in [0.2, 0.25) is 11.8 Å². The molecule has 1 atom stereocenters. The zero-order valence-corrected chi connectivity index (χ0v) is 12.9. The number of alkyl halides is 3. The SMILES string of the molecule is COc1cc(-c2cccc(C(=O)N[C@H](C)C(F)(F)F)c2)nc(N)n1. The summed E-state index contributed by atoms with van der Waals surface area (Å²) in [6.07, 6.45) is -4.51. The van der Waals surface area contributed by atoms with Crippen LogP contribution in [0.4, 0.5) is 19.1 Å². The number of anilines is 1. The smallest absolute Gasteiger partial charge is 0.408 e. The van der Waals surface area contributed by atoms with Crippen molar-refractivity contribution in [2.75, 3.05) is 12.8 Å². The van der Waals surface area contributed by atoms with Gasteiger partial charge in [-0.2, -0.15) is 18.2 Å². The van der Waals surface area contributed by atoms with Gasteiger partial charge in [-0.25, -0.2) is 4.98 Å². The van der Waals surface area contributed by atoms with Crippen LogP contribution >= 0.6 is 0 Å². The molecule has 24 heavy (non-hydrogen) atoms. The Bertz CT molecular complexity index is 750. The molecule has 128 valence electrons. The first-order valence-electron chi connectivity index (χ1n) is 6.87. The van der Waals surface area contributed by atoms with E-state index in [0.29, 0.717) is 11.3 Å². The monoisotopic (exact) mass is 340 g/mol. The summed E-state index contributed by atoms with van der Waals surface area (Å²) < 4.78 is 42.6. The van der Waals surface area contributed by atoms with E-state index < -0.39 is 18.1 Å². The number of rotatable bonds is 4. The summed E-state index contributed by atoms with van der Waals surface area (Å²) in [5.41, 5.74) is 6.53. The number of nitrogens with two attached hydrogens (primary N) is 1. The second-order valence-corrected chi connectivity index (χ2v) is 4.97. The first kappa shape index (κ1) is 17.5. The van der Waals surface area contributed by atoms with Gasteiger partial charge in [-0.1, -0.05) is 12.1 Å². The molecule has 0 aliphatic rings. The van der Waals surface area contributed by atoms with E-state index in [-0.39, 0.29) is 17.4 Å². The van der Waals surface area contributed by atoms with E-state index in [0.717, 1.165) is 6.92 Å². The minimum atomic E-state index is -4.51. The minimum Gasteiger partial charge on any atom is -0.481 e. The predicted molar refractivity (Wildman–Crippen MR) is 81.4 cm³/mol. The van der Waals surface area contributed by atoms with Crippen LogP contribution in [0, 0.1) is 0 Å². The number of halogens is 3. The highest BCUT2D eigenvalue weighted by Crippen LogP contribution is 2.23. The molecule has 0 bridgehead atoms. The average Bonchev–Trinajstić information content (AvgIpc) is 2.53. The summed E-state index contributed by atoms with van der Waals surface area (Å²) in [7, 11) is 1.41. The lowest BCUT2D eigenvalue weighted by Gasteiger charge is -2.17. The van der Waals surface area contributed by atoms with Crippen molar-refractivity contribution in [3.63, 3.8) is 0 Å². The Morgan fingerprint density at radius 1 is 1.29 bits per heavy atom. The fourth-order valence-corrected chi connectivity index (χ4v) is 1.88. The molecule has 0 unspecified atom stereocenters. The molecule has 1 heterocycles. The minimum absolute atomic E-state index is 0.0232. The van der Waals surface area contributed by atoms with Crippen molar-refractivity contribution in [3.05, 3.63) is 35.9 Å². The second-order valence-electron chi connectivity index (χ2n) is 4.97. The van der Waals surface area contributed by atoms with Crippen molar-refractivity contribution in [2.24, 2.45) is 0 Å². The highest BCUT2D eigenvalue weighted by molar-refractivity contribution is 5.95. The van der Waals surface area contributed by atoms with Crippen LogP contribution in [0.3, 0.4) is 0 Å². The van der Waals surface area contributed by atoms with Gasteiger partial charge in [0.05, 0.1) is 12.8 Å². The number of nitrogens with one attached hydrogen (secondary N) is 1. The first-order valence-corrected chi connectivity index (χ1v) is 6.87. The molecule has 9 heteroatoms. The number of ether oxygens (including phenoxy) is 1. The summed E-state index contributed by atoms with van der Waals surface area (Å²) in [5.74, 6) is -0.626. The van der Waals surface area contributed by atoms with Gasteiger partial charge in [0.25, 0.3) is 5.91 Å². The topological polar surface area (TPSA) is 90.1 Å². The van der Waals surface area contributed by atoms with Crippen LogP contribution in [0.1, 0.15) is 17.3 Å². The molecule has 1 aromatic carbocycles. The van der Waals surface area contributed by atoms with Crippen molar-refractivity contribution in [1.82, 2.24) is 15.3 Å². The summed E-state index contributed by atoms with van der Waals surface area (Å²) in [5, 5.41) is 1.90. The average molecular weight is 340 g/mol. The molecule has 1 aromatic heterocycles. The molecule has 1 amide bonds. The van der Waals surface area contributed by atoms with Crippen molar-refractivity contribution in [3.8, 4) is 17.1 Å². The Balaban J connectivity index is 2.29. The van der Waals surface area contributed by atoms with Gasteiger partial charge < -0.3 is 15.8 Å². The van der Waals surface area contributed by atoms with Gasteiger partial charge in [0, 0.05) is 17.2 Å². The number of amides is 1. The fourth-order valence-electron chi connectivity index (χ4n) is 1.88. The van der Waals surface area contributed by atoms with Gasteiger partial charge in [0.1, 0.15) is 6.04 Å². The molecule has 2 rings (SSSR count). The molecule has 0 aliphatic carbocycles. The van der Waals surface area contributed by atoms with E-state index >= 15 is 0 Å². The maximum absolute atomic E-state index is 12.5. The van der Waals surface area contributed by atoms with Crippen molar-refractivity contribution >= 4 is 11.9 Å². The number of benzene rings is 1. The van der Waals surface area contributed by atoms with E-state index in [1.54, 1.807) is 6.07 Å². The van der Waals surface area contributed by atoms with E-state index in [9.17, 15) is 18.0 Å². The Hall–Kier alpha value is -2.84. The molecular formula is C15H15F3N4O2. The van der Waals surface area contributed by atoms with E-state index in [4.69, 9.17) is 10.5 Å². The number of carbonyl (C=O) groups is 1. The Labute approximate surface area is 135 Å². The third kappa shape index (κ3) is 4.12. The van der Waals surface area contributed by atoms with Crippen LogP contribution in [0.5, 0.6) is 5.88 Å². The Kier molecular flexibility index (Phi) is 4.91. The van der Waals surface area contributed by atoms with Gasteiger partial charge in [-0.3, -0.25) is 4.79 Å². The van der Waals surface area contributed by atoms with E-state index in [1.807, 2.05) is 5.32 Å². The molecule has 3 N–H and O–H groups in total. The van der Waals surface area contributed by atoms with Crippen molar-refractivity contribution < 1.29 is 22.7 Å². The normalized spacial score (nSPS) is 12.5. The molecule has 0 spiro atoms. The highest BCUT2D eigenvalue weighted by Gasteiger charge is 2.37. The van der Waals surface area contributed by atoms with Crippen LogP contribution in [0.2, 0.25) is 0 Å². The maximum atomic E-state index is 12.5. The third-order valence-electron chi connectivity index (χ3n) is 3.19. The van der Waals surface area contributed by atoms with E-state index in [1.165, 1.54) is 31.4 Å². The number of carbonyl (C=O) groups excluding carboxylic acids is 1. The first-order chi connectivity index (χ1) is 11.2. The van der Waals surface area contributed by atoms with E-state index in [2.05, 4.69) is 9.97 Å². The van der Waals surface area contributed by atoms with Gasteiger partial charge >= 0.3 is 6.18 Å². The highest BCUT2D eigenvalue weighted by atomic mass is 19.4. The molecule has 0 aliphatic heterocycles. The summed E-state index contributed by atoms with van der Waals surface area (Å²) in [6, 6.07) is 5.55. The van der Waals surface area contributed by atoms with Crippen molar-refractivity contribution in [1.29, 1.82) is 0 Å². The number of nitrogens with zero attached hydrogens (tertiary/aromatic N) is 2. The predicted octanol–water partition coefficient (Wildman–Crippen LogP) is 2.41. The summed E-state index contributed by atoms with van der Waals surface area (Å²) in [6.45, 7) is 0.873. The lowest BCUT2D eigenvalue weighted by atomic mass is 10.1. The van der Waals surface area contributed by atoms with Crippen LogP contribution in [0.25, 0.3) is 11.3 Å². The number of hydrogen-bond acceptors (Lipinski definition) is 5. The summed E-state index contributed by atoms with van der Waals surface area (Å²) >= 11 is 0. The zero-order valence-electron chi connectivity index (χ0n) is 12.9. The maximum Gasteiger partial charge on any atom is 0.408 e. The van der Waals surface area contributed by atoms with Crippen LogP contribution in [-0.4, -0.2) is 35.2 Å². The number of methoxy groups -OCH3 is 1. The van der Waals surface area contributed by atoms with Gasteiger partial charge in [-0.05, 0) is 19.1 Å². The van der Waals surface area contributed by atoms with Gasteiger partial charge in [0.15, 0.2) is 0 Å². The third-order valence-corrected chi connectivity index (χ3v) is 3.19. The standard InChI is InChI=1S/C15H15F3N4O2/c1-8(15(16,17)18)20-13(23)10-5-3-4-9(6-10)11-7-12(24-2)22-14(19)21-11/h3-8H,1-2H3,(H,20,23)(H2,19,21,22)/t8-/m1/s1. The molecule has 6 nitrogen and oxygen atoms in total. The molecular weight excluding hydrogens is 325 g/mol. The van der Waals surface area contributed by atoms with Crippen LogP contribution in [0.15, 0.2) is 30.3 Å². The molecule has 0 saturated heterocycles. The number of hydrogen-bond donors (Lipinski definition) is 2. The number of aromatic nitrogens is 2. The van der Waals surface area contributed by atoms with Crippen LogP contribution < -0.4 is 15.8 Å². The lowest BCUT2D eigenvalue weighted by molar-refractivity contribution is -0.149. The Morgan fingerprint density at radius 3 is 2.62 bits per heavy atom. The second kappa shape index (κ2) is 6.73. The molecule has 2 aromatic rings. The van der Waals surface area contributed by atoms with Crippen LogP contribution in [-0.2, 0) is 0 Å². The zero-order chi connectivity index (χ0) is 17.9.